The number of hydrogen-bond donors (Lipinski definition) is 3. The van der Waals surface area contributed by atoms with Gasteiger partial charge in [-0.25, -0.2) is 0 Å². The molecular weight excluding hydrogens is 218 g/mol. The molecule has 0 spiro atoms. The van der Waals surface area contributed by atoms with Crippen molar-refractivity contribution in [2.45, 2.75) is 6.92 Å². The molecule has 0 bridgehead atoms. The summed E-state index contributed by atoms with van der Waals surface area (Å²) in [6.07, 6.45) is 0. The molecule has 0 aromatic heterocycles. The molecule has 2 amide bonds. The van der Waals surface area contributed by atoms with Crippen LogP contribution in [-0.4, -0.2) is 32.0 Å². The maximum atomic E-state index is 11.6. The van der Waals surface area contributed by atoms with Gasteiger partial charge in [-0.15, -0.1) is 0 Å². The molecule has 0 fully saturated rings. The Morgan fingerprint density at radius 1 is 1.29 bits per heavy atom. The molecule has 5 heteroatoms. The van der Waals surface area contributed by atoms with Crippen molar-refractivity contribution in [2.24, 2.45) is 0 Å². The average molecular weight is 235 g/mol. The summed E-state index contributed by atoms with van der Waals surface area (Å²) in [7, 11) is 1.58. The fourth-order valence-electron chi connectivity index (χ4n) is 1.30. The zero-order chi connectivity index (χ0) is 12.7. The van der Waals surface area contributed by atoms with Crippen molar-refractivity contribution < 1.29 is 9.59 Å². The number of benzene rings is 1. The largest absolute Gasteiger partial charge is 0.376 e. The van der Waals surface area contributed by atoms with Gasteiger partial charge in [0.1, 0.15) is 0 Å². The van der Waals surface area contributed by atoms with Gasteiger partial charge in [0.2, 0.25) is 5.91 Å². The van der Waals surface area contributed by atoms with E-state index in [1.807, 2.05) is 13.0 Å². The topological polar surface area (TPSA) is 70.2 Å². The highest BCUT2D eigenvalue weighted by molar-refractivity contribution is 5.95. The van der Waals surface area contributed by atoms with E-state index in [0.29, 0.717) is 12.1 Å². The van der Waals surface area contributed by atoms with E-state index in [1.165, 1.54) is 0 Å². The molecular formula is C12H17N3O2. The van der Waals surface area contributed by atoms with Crippen molar-refractivity contribution in [1.29, 1.82) is 0 Å². The van der Waals surface area contributed by atoms with E-state index in [-0.39, 0.29) is 18.4 Å². The lowest BCUT2D eigenvalue weighted by Crippen LogP contribution is -2.26. The average Bonchev–Trinajstić information content (AvgIpc) is 2.36. The Morgan fingerprint density at radius 2 is 2.06 bits per heavy atom. The first kappa shape index (κ1) is 13.0. The Labute approximate surface area is 101 Å². The molecule has 0 saturated heterocycles. The van der Waals surface area contributed by atoms with Gasteiger partial charge < -0.3 is 16.0 Å². The Hall–Kier alpha value is -2.04. The number of carbonyl (C=O) groups excluding carboxylic acids is 2. The van der Waals surface area contributed by atoms with Gasteiger partial charge in [0.05, 0.1) is 6.54 Å². The normalized spacial score (nSPS) is 9.53. The van der Waals surface area contributed by atoms with E-state index in [4.69, 9.17) is 0 Å². The molecule has 0 aliphatic heterocycles. The summed E-state index contributed by atoms with van der Waals surface area (Å²) in [5.41, 5.74) is 1.33. The van der Waals surface area contributed by atoms with E-state index in [9.17, 15) is 9.59 Å². The molecule has 1 rings (SSSR count). The number of carbonyl (C=O) groups is 2. The fraction of sp³-hybridized carbons (Fsp3) is 0.333. The summed E-state index contributed by atoms with van der Waals surface area (Å²) < 4.78 is 0. The van der Waals surface area contributed by atoms with Crippen molar-refractivity contribution >= 4 is 17.5 Å². The fourth-order valence-corrected chi connectivity index (χ4v) is 1.30. The number of hydrogen-bond acceptors (Lipinski definition) is 3. The van der Waals surface area contributed by atoms with Gasteiger partial charge in [-0.1, -0.05) is 6.07 Å². The Morgan fingerprint density at radius 3 is 2.71 bits per heavy atom. The highest BCUT2D eigenvalue weighted by atomic mass is 16.2. The summed E-state index contributed by atoms with van der Waals surface area (Å²) in [6, 6.07) is 7.03. The maximum Gasteiger partial charge on any atom is 0.251 e. The predicted octanol–water partition coefficient (Wildman–Crippen LogP) is 0.594. The molecule has 0 saturated carbocycles. The quantitative estimate of drug-likeness (QED) is 0.699. The lowest BCUT2D eigenvalue weighted by atomic mass is 10.2. The first-order chi connectivity index (χ1) is 8.17. The van der Waals surface area contributed by atoms with Crippen LogP contribution in [-0.2, 0) is 4.79 Å². The summed E-state index contributed by atoms with van der Waals surface area (Å²) in [5, 5.41) is 8.17. The molecule has 1 aromatic rings. The van der Waals surface area contributed by atoms with Crippen molar-refractivity contribution in [3.8, 4) is 0 Å². The molecule has 5 nitrogen and oxygen atoms in total. The zero-order valence-electron chi connectivity index (χ0n) is 10.0. The van der Waals surface area contributed by atoms with Crippen molar-refractivity contribution in [3.05, 3.63) is 29.8 Å². The number of anilines is 1. The highest BCUT2D eigenvalue weighted by Crippen LogP contribution is 2.10. The summed E-state index contributed by atoms with van der Waals surface area (Å²) in [6.45, 7) is 2.65. The van der Waals surface area contributed by atoms with Crippen molar-refractivity contribution in [2.75, 3.05) is 25.5 Å². The Bertz CT molecular complexity index is 404. The van der Waals surface area contributed by atoms with Gasteiger partial charge in [0, 0.05) is 24.8 Å². The molecule has 0 atom stereocenters. The molecule has 1 aromatic carbocycles. The second-order valence-corrected chi connectivity index (χ2v) is 3.47. The molecule has 92 valence electrons. The van der Waals surface area contributed by atoms with Crippen LogP contribution in [0.1, 0.15) is 17.3 Å². The van der Waals surface area contributed by atoms with E-state index in [2.05, 4.69) is 16.0 Å². The molecule has 0 radical (unpaired) electrons. The molecule has 0 aliphatic rings. The van der Waals surface area contributed by atoms with Gasteiger partial charge in [0.15, 0.2) is 0 Å². The second kappa shape index (κ2) is 6.52. The third-order valence-corrected chi connectivity index (χ3v) is 2.19. The maximum absolute atomic E-state index is 11.6. The number of rotatable bonds is 5. The number of nitrogens with one attached hydrogen (secondary N) is 3. The van der Waals surface area contributed by atoms with Gasteiger partial charge >= 0.3 is 0 Å². The minimum absolute atomic E-state index is 0.103. The van der Waals surface area contributed by atoms with Gasteiger partial charge in [-0.3, -0.25) is 9.59 Å². The van der Waals surface area contributed by atoms with E-state index >= 15 is 0 Å². The van der Waals surface area contributed by atoms with Crippen molar-refractivity contribution in [1.82, 2.24) is 10.6 Å². The van der Waals surface area contributed by atoms with Crippen LogP contribution in [0, 0.1) is 0 Å². The Kier molecular flexibility index (Phi) is 5.00. The van der Waals surface area contributed by atoms with Crippen molar-refractivity contribution in [3.63, 3.8) is 0 Å². The minimum Gasteiger partial charge on any atom is -0.376 e. The minimum atomic E-state index is -0.115. The SMILES string of the molecule is CCNC(=O)c1cccc(NCC(=O)NC)c1. The third-order valence-electron chi connectivity index (χ3n) is 2.19. The first-order valence-corrected chi connectivity index (χ1v) is 5.50. The van der Waals surface area contributed by atoms with Crippen LogP contribution in [0.15, 0.2) is 24.3 Å². The molecule has 0 unspecified atom stereocenters. The van der Waals surface area contributed by atoms with E-state index in [0.717, 1.165) is 5.69 Å². The van der Waals surface area contributed by atoms with Crippen LogP contribution in [0.2, 0.25) is 0 Å². The molecule has 0 heterocycles. The number of likely N-dealkylation sites (N-methyl/N-ethyl adjacent to an activating group) is 1. The van der Waals surface area contributed by atoms with Crippen LogP contribution in [0.4, 0.5) is 5.69 Å². The third kappa shape index (κ3) is 4.14. The van der Waals surface area contributed by atoms with Gasteiger partial charge in [0.25, 0.3) is 5.91 Å². The van der Waals surface area contributed by atoms with Crippen LogP contribution in [0.5, 0.6) is 0 Å². The molecule has 3 N–H and O–H groups in total. The highest BCUT2D eigenvalue weighted by Gasteiger charge is 2.05. The van der Waals surface area contributed by atoms with Crippen LogP contribution in [0.3, 0.4) is 0 Å². The van der Waals surface area contributed by atoms with Crippen LogP contribution >= 0.6 is 0 Å². The summed E-state index contributed by atoms with van der Waals surface area (Å²) >= 11 is 0. The standard InChI is InChI=1S/C12H17N3O2/c1-3-14-12(17)9-5-4-6-10(7-9)15-8-11(16)13-2/h4-7,15H,3,8H2,1-2H3,(H,13,16)(H,14,17). The second-order valence-electron chi connectivity index (χ2n) is 3.47. The lowest BCUT2D eigenvalue weighted by Gasteiger charge is -2.07. The van der Waals surface area contributed by atoms with Gasteiger partial charge in [-0.05, 0) is 25.1 Å². The predicted molar refractivity (Wildman–Crippen MR) is 67.0 cm³/mol. The zero-order valence-corrected chi connectivity index (χ0v) is 10.0. The van der Waals surface area contributed by atoms with Crippen LogP contribution < -0.4 is 16.0 Å². The smallest absolute Gasteiger partial charge is 0.251 e. The van der Waals surface area contributed by atoms with E-state index in [1.54, 1.807) is 25.2 Å². The lowest BCUT2D eigenvalue weighted by molar-refractivity contribution is -0.118. The molecule has 0 aliphatic carbocycles. The molecule has 17 heavy (non-hydrogen) atoms. The first-order valence-electron chi connectivity index (χ1n) is 5.50. The number of amides is 2. The summed E-state index contributed by atoms with van der Waals surface area (Å²) in [4.78, 5) is 22.6. The van der Waals surface area contributed by atoms with Gasteiger partial charge in [-0.2, -0.15) is 0 Å². The Balaban J connectivity index is 2.65. The van der Waals surface area contributed by atoms with Crippen LogP contribution in [0.25, 0.3) is 0 Å². The summed E-state index contributed by atoms with van der Waals surface area (Å²) in [5.74, 6) is -0.218. The van der Waals surface area contributed by atoms with E-state index < -0.39 is 0 Å². The monoisotopic (exact) mass is 235 g/mol.